The van der Waals surface area contributed by atoms with E-state index in [9.17, 15) is 9.59 Å². The number of amides is 1. The summed E-state index contributed by atoms with van der Waals surface area (Å²) in [4.78, 5) is 27.6. The van der Waals surface area contributed by atoms with Gasteiger partial charge < -0.3 is 14.6 Å². The van der Waals surface area contributed by atoms with Crippen molar-refractivity contribution in [2.45, 2.75) is 65.1 Å². The second-order valence-corrected chi connectivity index (χ2v) is 11.6. The van der Waals surface area contributed by atoms with Gasteiger partial charge >= 0.3 is 5.97 Å². The third-order valence-electron chi connectivity index (χ3n) is 6.21. The molecule has 1 aliphatic rings. The topological polar surface area (TPSA) is 86.1 Å². The number of thioether (sulfide) groups is 1. The monoisotopic (exact) mass is 518 g/mol. The first-order chi connectivity index (χ1) is 16.4. The van der Waals surface area contributed by atoms with Crippen LogP contribution in [-0.2, 0) is 35.3 Å². The molecule has 0 saturated heterocycles. The van der Waals surface area contributed by atoms with Gasteiger partial charge in [-0.25, -0.2) is 4.79 Å². The Balaban J connectivity index is 1.49. The molecule has 1 aliphatic carbocycles. The number of esters is 1. The van der Waals surface area contributed by atoms with Crippen molar-refractivity contribution >= 4 is 51.3 Å². The number of fused-ring (bicyclic) bond motifs is 1. The quantitative estimate of drug-likeness (QED) is 0.309. The van der Waals surface area contributed by atoms with Gasteiger partial charge in [-0.15, -0.1) is 32.9 Å². The van der Waals surface area contributed by atoms with Crippen LogP contribution in [0, 0.1) is 12.8 Å². The van der Waals surface area contributed by atoms with Crippen molar-refractivity contribution in [3.63, 3.8) is 0 Å². The molecule has 10 heteroatoms. The largest absolute Gasteiger partial charge is 0.465 e. The van der Waals surface area contributed by atoms with Crippen molar-refractivity contribution in [3.8, 4) is 11.4 Å². The Morgan fingerprint density at radius 3 is 2.82 bits per heavy atom. The average molecular weight is 519 g/mol. The van der Waals surface area contributed by atoms with Gasteiger partial charge in [0.15, 0.2) is 11.0 Å². The normalized spacial score (nSPS) is 15.3. The Labute approximate surface area is 212 Å². The number of nitrogens with one attached hydrogen (secondary N) is 1. The number of rotatable bonds is 8. The number of nitrogens with zero attached hydrogens (tertiary/aromatic N) is 3. The first-order valence-corrected chi connectivity index (χ1v) is 14.2. The van der Waals surface area contributed by atoms with Crippen LogP contribution in [0.3, 0.4) is 0 Å². The second-order valence-electron chi connectivity index (χ2n) is 8.47. The summed E-state index contributed by atoms with van der Waals surface area (Å²) in [7, 11) is 1.36. The third kappa shape index (κ3) is 4.81. The number of carbonyl (C=O) groups is 2. The molecule has 0 aromatic carbocycles. The number of ether oxygens (including phenoxy) is 1. The molecule has 34 heavy (non-hydrogen) atoms. The number of aromatic nitrogens is 3. The Hall–Kier alpha value is -2.17. The molecule has 1 atom stereocenters. The third-order valence-corrected chi connectivity index (χ3v) is 9.29. The average Bonchev–Trinajstić information content (AvgIpc) is 3.50. The molecule has 3 aromatic rings. The number of hydrogen-bond donors (Lipinski definition) is 1. The molecule has 0 aliphatic heterocycles. The molecular formula is C24H30N4O3S3. The molecule has 0 radical (unpaired) electrons. The van der Waals surface area contributed by atoms with Crippen molar-refractivity contribution in [3.05, 3.63) is 31.8 Å². The minimum Gasteiger partial charge on any atom is -0.465 e. The molecule has 0 spiro atoms. The zero-order valence-electron chi connectivity index (χ0n) is 20.2. The van der Waals surface area contributed by atoms with Crippen LogP contribution in [0.15, 0.2) is 10.5 Å². The fourth-order valence-electron chi connectivity index (χ4n) is 4.45. The van der Waals surface area contributed by atoms with E-state index in [2.05, 4.69) is 39.3 Å². The molecule has 7 nitrogen and oxygen atoms in total. The van der Waals surface area contributed by atoms with Crippen molar-refractivity contribution in [2.24, 2.45) is 5.92 Å². The lowest BCUT2D eigenvalue weighted by atomic mass is 9.88. The molecule has 1 amide bonds. The van der Waals surface area contributed by atoms with Gasteiger partial charge in [0.05, 0.1) is 18.4 Å². The van der Waals surface area contributed by atoms with Gasteiger partial charge in [0.25, 0.3) is 0 Å². The molecule has 3 heterocycles. The van der Waals surface area contributed by atoms with Crippen LogP contribution in [0.4, 0.5) is 5.00 Å². The van der Waals surface area contributed by atoms with Gasteiger partial charge in [0.2, 0.25) is 5.91 Å². The van der Waals surface area contributed by atoms with Crippen molar-refractivity contribution in [1.82, 2.24) is 14.8 Å². The summed E-state index contributed by atoms with van der Waals surface area (Å²) in [6.07, 6.45) is 4.12. The fraction of sp³-hybridized carbons (Fsp3) is 0.500. The van der Waals surface area contributed by atoms with Gasteiger partial charge in [-0.1, -0.05) is 25.6 Å². The zero-order valence-corrected chi connectivity index (χ0v) is 22.6. The van der Waals surface area contributed by atoms with E-state index in [1.54, 1.807) is 0 Å². The molecule has 3 aromatic heterocycles. The van der Waals surface area contributed by atoms with Crippen LogP contribution < -0.4 is 5.32 Å². The van der Waals surface area contributed by atoms with Crippen LogP contribution in [0.25, 0.3) is 11.4 Å². The first-order valence-electron chi connectivity index (χ1n) is 11.5. The molecular weight excluding hydrogens is 488 g/mol. The highest BCUT2D eigenvalue weighted by molar-refractivity contribution is 7.99. The van der Waals surface area contributed by atoms with Gasteiger partial charge in [-0.2, -0.15) is 0 Å². The fourth-order valence-corrected chi connectivity index (χ4v) is 7.64. The van der Waals surface area contributed by atoms with Crippen molar-refractivity contribution in [2.75, 3.05) is 18.2 Å². The lowest BCUT2D eigenvalue weighted by Crippen LogP contribution is -2.16. The minimum atomic E-state index is -0.423. The SMILES string of the molecule is CCc1c(C)sc(NC(=O)CSc2nnc(-c3csc4c3CCC(C)C4)n2CC)c1C(=O)OC. The summed E-state index contributed by atoms with van der Waals surface area (Å²) in [6.45, 7) is 9.05. The van der Waals surface area contributed by atoms with E-state index in [-0.39, 0.29) is 11.7 Å². The van der Waals surface area contributed by atoms with Gasteiger partial charge in [-0.3, -0.25) is 4.79 Å². The number of thiophene rings is 2. The molecule has 4 rings (SSSR count). The van der Waals surface area contributed by atoms with Crippen molar-refractivity contribution in [1.29, 1.82) is 0 Å². The van der Waals surface area contributed by atoms with Crippen LogP contribution in [0.1, 0.15) is 58.4 Å². The van der Waals surface area contributed by atoms with E-state index in [0.717, 1.165) is 46.7 Å². The smallest absolute Gasteiger partial charge is 0.341 e. The minimum absolute atomic E-state index is 0.177. The summed E-state index contributed by atoms with van der Waals surface area (Å²) < 4.78 is 7.03. The lowest BCUT2D eigenvalue weighted by molar-refractivity contribution is -0.113. The predicted molar refractivity (Wildman–Crippen MR) is 139 cm³/mol. The van der Waals surface area contributed by atoms with Crippen molar-refractivity contribution < 1.29 is 14.3 Å². The summed E-state index contributed by atoms with van der Waals surface area (Å²) in [5, 5.41) is 15.3. The zero-order chi connectivity index (χ0) is 24.4. The van der Waals surface area contributed by atoms with E-state index in [4.69, 9.17) is 4.74 Å². The van der Waals surface area contributed by atoms with Gasteiger partial charge in [0, 0.05) is 27.2 Å². The number of aryl methyl sites for hydroxylation is 1. The highest BCUT2D eigenvalue weighted by atomic mass is 32.2. The maximum absolute atomic E-state index is 12.8. The summed E-state index contributed by atoms with van der Waals surface area (Å²) in [5.74, 6) is 1.18. The van der Waals surface area contributed by atoms with Crippen LogP contribution in [0.5, 0.6) is 0 Å². The molecule has 1 unspecified atom stereocenters. The van der Waals surface area contributed by atoms with E-state index < -0.39 is 5.97 Å². The molecule has 182 valence electrons. The Bertz CT molecular complexity index is 1210. The number of anilines is 1. The maximum Gasteiger partial charge on any atom is 0.341 e. The van der Waals surface area contributed by atoms with Crippen LogP contribution in [-0.4, -0.2) is 39.5 Å². The summed E-state index contributed by atoms with van der Waals surface area (Å²) >= 11 is 4.59. The lowest BCUT2D eigenvalue weighted by Gasteiger charge is -2.19. The highest BCUT2D eigenvalue weighted by Gasteiger charge is 2.25. The van der Waals surface area contributed by atoms with Gasteiger partial charge in [-0.05, 0) is 56.6 Å². The number of hydrogen-bond acceptors (Lipinski definition) is 8. The van der Waals surface area contributed by atoms with E-state index >= 15 is 0 Å². The van der Waals surface area contributed by atoms with E-state index in [0.29, 0.717) is 17.0 Å². The Morgan fingerprint density at radius 2 is 2.12 bits per heavy atom. The van der Waals surface area contributed by atoms with Crippen LogP contribution >= 0.6 is 34.4 Å². The summed E-state index contributed by atoms with van der Waals surface area (Å²) in [6, 6.07) is 0. The van der Waals surface area contributed by atoms with E-state index in [1.807, 2.05) is 25.2 Å². The highest BCUT2D eigenvalue weighted by Crippen LogP contribution is 2.38. The number of carbonyl (C=O) groups excluding carboxylic acids is 2. The Kier molecular flexibility index (Phi) is 7.79. The number of methoxy groups -OCH3 is 1. The molecule has 0 saturated carbocycles. The maximum atomic E-state index is 12.8. The standard InChI is InChI=1S/C24H30N4O3S3/c1-6-15-14(4)34-22(20(15)23(30)31-5)25-19(29)12-33-24-27-26-21(28(24)7-2)17-11-32-18-10-13(3)8-9-16(17)18/h11,13H,6-10,12H2,1-5H3,(H,25,29). The molecule has 0 fully saturated rings. The second kappa shape index (κ2) is 10.6. The van der Waals surface area contributed by atoms with E-state index in [1.165, 1.54) is 52.6 Å². The van der Waals surface area contributed by atoms with Gasteiger partial charge in [0.1, 0.15) is 5.00 Å². The molecule has 1 N–H and O–H groups in total. The predicted octanol–water partition coefficient (Wildman–Crippen LogP) is 5.60. The van der Waals surface area contributed by atoms with Crippen LogP contribution in [0.2, 0.25) is 0 Å². The Morgan fingerprint density at radius 1 is 1.32 bits per heavy atom. The first kappa shape index (κ1) is 24.9. The summed E-state index contributed by atoms with van der Waals surface area (Å²) in [5.41, 5.74) is 3.97. The molecule has 0 bridgehead atoms.